The van der Waals surface area contributed by atoms with Crippen molar-refractivity contribution in [1.82, 2.24) is 10.2 Å². The Morgan fingerprint density at radius 2 is 2.07 bits per heavy atom. The van der Waals surface area contributed by atoms with Crippen LogP contribution in [0.2, 0.25) is 0 Å². The molecule has 2 atom stereocenters. The molecule has 0 radical (unpaired) electrons. The van der Waals surface area contributed by atoms with E-state index < -0.39 is 5.72 Å². The zero-order chi connectivity index (χ0) is 11.2. The molecule has 6 N–H and O–H groups in total. The lowest BCUT2D eigenvalue weighted by atomic mass is 10.0. The topological polar surface area (TPSA) is 87.5 Å². The smallest absolute Gasteiger partial charge is 0.142 e. The molecule has 5 nitrogen and oxygen atoms in total. The zero-order valence-electron chi connectivity index (χ0n) is 9.45. The summed E-state index contributed by atoms with van der Waals surface area (Å²) in [6.07, 6.45) is 1.15. The first-order valence-electron chi connectivity index (χ1n) is 5.06. The molecule has 0 aromatic rings. The summed E-state index contributed by atoms with van der Waals surface area (Å²) in [6, 6.07) is 0. The van der Waals surface area contributed by atoms with Gasteiger partial charge in [-0.1, -0.05) is 13.3 Å². The van der Waals surface area contributed by atoms with Gasteiger partial charge >= 0.3 is 0 Å². The fourth-order valence-electron chi connectivity index (χ4n) is 1.56. The maximum absolute atomic E-state index is 10.0. The molecule has 0 fully saturated rings. The number of rotatable bonds is 7. The van der Waals surface area contributed by atoms with Gasteiger partial charge in [0.15, 0.2) is 0 Å². The number of nitrogens with one attached hydrogen (secondary N) is 1. The molecule has 0 heterocycles. The summed E-state index contributed by atoms with van der Waals surface area (Å²) in [5.41, 5.74) is 10.0. The Morgan fingerprint density at radius 1 is 1.50 bits per heavy atom. The average molecular weight is 204 g/mol. The Kier molecular flexibility index (Phi) is 6.22. The summed E-state index contributed by atoms with van der Waals surface area (Å²) >= 11 is 0. The van der Waals surface area contributed by atoms with Crippen LogP contribution in [-0.4, -0.2) is 49.1 Å². The molecule has 0 rings (SSSR count). The van der Waals surface area contributed by atoms with Crippen LogP contribution in [0.4, 0.5) is 0 Å². The van der Waals surface area contributed by atoms with Crippen molar-refractivity contribution in [2.45, 2.75) is 31.7 Å². The van der Waals surface area contributed by atoms with Crippen molar-refractivity contribution in [2.75, 3.05) is 27.2 Å². The Labute approximate surface area is 86.4 Å². The molecule has 0 spiro atoms. The van der Waals surface area contributed by atoms with Crippen LogP contribution in [0.5, 0.6) is 0 Å². The van der Waals surface area contributed by atoms with Crippen molar-refractivity contribution >= 4 is 0 Å². The molecule has 86 valence electrons. The largest absolute Gasteiger partial charge is 0.373 e. The standard InChI is InChI=1S/C9H24N4O/c1-4-5-9(11,14)8(13(2)3)12-7-6-10/h8,12,14H,4-7,10-11H2,1-3H3. The van der Waals surface area contributed by atoms with E-state index in [-0.39, 0.29) is 6.17 Å². The normalized spacial score (nSPS) is 18.2. The van der Waals surface area contributed by atoms with Gasteiger partial charge in [0.05, 0.1) is 0 Å². The summed E-state index contributed by atoms with van der Waals surface area (Å²) in [7, 11) is 3.75. The van der Waals surface area contributed by atoms with Gasteiger partial charge in [-0.05, 0) is 20.5 Å². The fraction of sp³-hybridized carbons (Fsp3) is 1.00. The van der Waals surface area contributed by atoms with Gasteiger partial charge in [0, 0.05) is 13.1 Å². The van der Waals surface area contributed by atoms with Gasteiger partial charge in [0.2, 0.25) is 0 Å². The lowest BCUT2D eigenvalue weighted by molar-refractivity contribution is -0.0490. The van der Waals surface area contributed by atoms with Gasteiger partial charge in [-0.15, -0.1) is 0 Å². The lowest BCUT2D eigenvalue weighted by Crippen LogP contribution is -2.63. The van der Waals surface area contributed by atoms with Gasteiger partial charge in [0.1, 0.15) is 11.9 Å². The summed E-state index contributed by atoms with van der Waals surface area (Å²) < 4.78 is 0. The first-order chi connectivity index (χ1) is 6.45. The molecule has 0 saturated carbocycles. The second-order valence-corrected chi connectivity index (χ2v) is 3.85. The molecule has 0 saturated heterocycles. The summed E-state index contributed by atoms with van der Waals surface area (Å²) in [5.74, 6) is 0. The fourth-order valence-corrected chi connectivity index (χ4v) is 1.56. The van der Waals surface area contributed by atoms with Gasteiger partial charge < -0.3 is 16.6 Å². The molecular formula is C9H24N4O. The molecule has 5 heteroatoms. The highest BCUT2D eigenvalue weighted by Crippen LogP contribution is 2.12. The Balaban J connectivity index is 4.30. The van der Waals surface area contributed by atoms with E-state index in [9.17, 15) is 5.11 Å². The number of aliphatic hydroxyl groups is 1. The van der Waals surface area contributed by atoms with Crippen LogP contribution in [0.3, 0.4) is 0 Å². The maximum Gasteiger partial charge on any atom is 0.142 e. The van der Waals surface area contributed by atoms with Crippen LogP contribution >= 0.6 is 0 Å². The van der Waals surface area contributed by atoms with Gasteiger partial charge in [0.25, 0.3) is 0 Å². The van der Waals surface area contributed by atoms with E-state index in [0.29, 0.717) is 19.5 Å². The van der Waals surface area contributed by atoms with Crippen molar-refractivity contribution < 1.29 is 5.11 Å². The van der Waals surface area contributed by atoms with Crippen LogP contribution in [0, 0.1) is 0 Å². The van der Waals surface area contributed by atoms with E-state index in [2.05, 4.69) is 5.32 Å². The third-order valence-corrected chi connectivity index (χ3v) is 2.12. The van der Waals surface area contributed by atoms with Gasteiger partial charge in [-0.3, -0.25) is 10.2 Å². The van der Waals surface area contributed by atoms with Crippen molar-refractivity contribution in [3.63, 3.8) is 0 Å². The summed E-state index contributed by atoms with van der Waals surface area (Å²) in [5, 5.41) is 13.1. The van der Waals surface area contributed by atoms with Gasteiger partial charge in [-0.2, -0.15) is 0 Å². The minimum absolute atomic E-state index is 0.258. The SMILES string of the molecule is CCCC(N)(O)C(NCCN)N(C)C. The maximum atomic E-state index is 10.0. The van der Waals surface area contributed by atoms with Crippen LogP contribution in [0.25, 0.3) is 0 Å². The third kappa shape index (κ3) is 4.34. The molecule has 0 amide bonds. The number of hydrogen-bond donors (Lipinski definition) is 4. The summed E-state index contributed by atoms with van der Waals surface area (Å²) in [6.45, 7) is 3.17. The second-order valence-electron chi connectivity index (χ2n) is 3.85. The minimum atomic E-state index is -1.20. The predicted octanol–water partition coefficient (Wildman–Crippen LogP) is -1.13. The van der Waals surface area contributed by atoms with Crippen molar-refractivity contribution in [2.24, 2.45) is 11.5 Å². The molecule has 0 aromatic carbocycles. The van der Waals surface area contributed by atoms with Crippen molar-refractivity contribution in [1.29, 1.82) is 0 Å². The highest BCUT2D eigenvalue weighted by Gasteiger charge is 2.32. The van der Waals surface area contributed by atoms with E-state index >= 15 is 0 Å². The molecule has 2 unspecified atom stereocenters. The average Bonchev–Trinajstić information content (AvgIpc) is 2.03. The molecule has 0 aliphatic heterocycles. The van der Waals surface area contributed by atoms with E-state index in [0.717, 1.165) is 6.42 Å². The Bertz CT molecular complexity index is 150. The number of likely N-dealkylation sites (N-methyl/N-ethyl adjacent to an activating group) is 1. The second kappa shape index (κ2) is 6.31. The van der Waals surface area contributed by atoms with E-state index in [4.69, 9.17) is 11.5 Å². The Hall–Kier alpha value is -0.200. The van der Waals surface area contributed by atoms with Crippen LogP contribution < -0.4 is 16.8 Å². The minimum Gasteiger partial charge on any atom is -0.373 e. The molecular weight excluding hydrogens is 180 g/mol. The number of nitrogens with two attached hydrogens (primary N) is 2. The van der Waals surface area contributed by atoms with Gasteiger partial charge in [-0.25, -0.2) is 0 Å². The van der Waals surface area contributed by atoms with Crippen molar-refractivity contribution in [3.8, 4) is 0 Å². The quantitative estimate of drug-likeness (QED) is 0.394. The molecule has 14 heavy (non-hydrogen) atoms. The highest BCUT2D eigenvalue weighted by molar-refractivity contribution is 4.84. The molecule has 0 aliphatic rings. The monoisotopic (exact) mass is 204 g/mol. The lowest BCUT2D eigenvalue weighted by Gasteiger charge is -2.37. The molecule has 0 aliphatic carbocycles. The zero-order valence-corrected chi connectivity index (χ0v) is 9.45. The molecule has 0 bridgehead atoms. The first-order valence-corrected chi connectivity index (χ1v) is 5.06. The van der Waals surface area contributed by atoms with E-state index in [1.54, 1.807) is 0 Å². The third-order valence-electron chi connectivity index (χ3n) is 2.12. The van der Waals surface area contributed by atoms with Crippen molar-refractivity contribution in [3.05, 3.63) is 0 Å². The molecule has 0 aromatic heterocycles. The van der Waals surface area contributed by atoms with E-state index in [1.807, 2.05) is 25.9 Å². The van der Waals surface area contributed by atoms with Crippen LogP contribution in [-0.2, 0) is 0 Å². The first kappa shape index (κ1) is 13.8. The highest BCUT2D eigenvalue weighted by atomic mass is 16.3. The van der Waals surface area contributed by atoms with E-state index in [1.165, 1.54) is 0 Å². The summed E-state index contributed by atoms with van der Waals surface area (Å²) in [4.78, 5) is 1.87. The Morgan fingerprint density at radius 3 is 2.43 bits per heavy atom. The van der Waals surface area contributed by atoms with Crippen LogP contribution in [0.15, 0.2) is 0 Å². The number of nitrogens with zero attached hydrogens (tertiary/aromatic N) is 1. The van der Waals surface area contributed by atoms with Crippen LogP contribution in [0.1, 0.15) is 19.8 Å². The number of hydrogen-bond acceptors (Lipinski definition) is 5. The predicted molar refractivity (Wildman–Crippen MR) is 58.6 cm³/mol.